The van der Waals surface area contributed by atoms with E-state index in [0.29, 0.717) is 0 Å². The Balaban J connectivity index is 2.69. The number of benzene rings is 1. The van der Waals surface area contributed by atoms with Gasteiger partial charge in [0.15, 0.2) is 6.10 Å². The van der Waals surface area contributed by atoms with Crippen molar-refractivity contribution in [2.45, 2.75) is 32.1 Å². The molecule has 0 heterocycles. The number of aliphatic carboxylic acids is 1. The van der Waals surface area contributed by atoms with Crippen LogP contribution in [0.25, 0.3) is 0 Å². The SMILES string of the molecule is CC[C@@H]([C@@H](O)C(=O)O)N(OC)C(=O)OCc1ccccc1. The number of ether oxygens (including phenoxy) is 1. The van der Waals surface area contributed by atoms with Crippen molar-refractivity contribution in [1.29, 1.82) is 0 Å². The fourth-order valence-corrected chi connectivity index (χ4v) is 1.81. The summed E-state index contributed by atoms with van der Waals surface area (Å²) in [6.45, 7) is 1.66. The van der Waals surface area contributed by atoms with Crippen molar-refractivity contribution in [3.05, 3.63) is 35.9 Å². The van der Waals surface area contributed by atoms with E-state index in [1.807, 2.05) is 6.07 Å². The number of amides is 1. The highest BCUT2D eigenvalue weighted by molar-refractivity contribution is 5.74. The first kappa shape index (κ1) is 16.9. The first-order chi connectivity index (χ1) is 10.0. The molecule has 0 saturated heterocycles. The van der Waals surface area contributed by atoms with Gasteiger partial charge >= 0.3 is 12.1 Å². The topological polar surface area (TPSA) is 96.3 Å². The summed E-state index contributed by atoms with van der Waals surface area (Å²) in [5, 5.41) is 19.2. The van der Waals surface area contributed by atoms with Gasteiger partial charge in [-0.05, 0) is 12.0 Å². The van der Waals surface area contributed by atoms with Gasteiger partial charge in [-0.3, -0.25) is 4.84 Å². The lowest BCUT2D eigenvalue weighted by atomic mass is 10.1. The third kappa shape index (κ3) is 4.73. The van der Waals surface area contributed by atoms with Gasteiger partial charge in [-0.15, -0.1) is 0 Å². The summed E-state index contributed by atoms with van der Waals surface area (Å²) in [6, 6.07) is 7.99. The first-order valence-corrected chi connectivity index (χ1v) is 6.46. The third-order valence-corrected chi connectivity index (χ3v) is 2.92. The monoisotopic (exact) mass is 297 g/mol. The zero-order valence-electron chi connectivity index (χ0n) is 11.9. The van der Waals surface area contributed by atoms with Crippen LogP contribution in [0.2, 0.25) is 0 Å². The number of carboxylic acid groups (broad SMARTS) is 1. The van der Waals surface area contributed by atoms with Crippen molar-refractivity contribution in [2.75, 3.05) is 7.11 Å². The fourth-order valence-electron chi connectivity index (χ4n) is 1.81. The summed E-state index contributed by atoms with van der Waals surface area (Å²) in [6.07, 6.45) is -2.41. The molecular formula is C14H19NO6. The van der Waals surface area contributed by atoms with Gasteiger partial charge in [-0.2, -0.15) is 5.06 Å². The molecule has 2 N–H and O–H groups in total. The summed E-state index contributed by atoms with van der Waals surface area (Å²) in [4.78, 5) is 27.6. The number of hydrogen-bond acceptors (Lipinski definition) is 5. The van der Waals surface area contributed by atoms with Crippen LogP contribution in [0.15, 0.2) is 30.3 Å². The van der Waals surface area contributed by atoms with Crippen LogP contribution in [0, 0.1) is 0 Å². The lowest BCUT2D eigenvalue weighted by Gasteiger charge is -2.29. The molecule has 0 fully saturated rings. The summed E-state index contributed by atoms with van der Waals surface area (Å²) >= 11 is 0. The average Bonchev–Trinajstić information content (AvgIpc) is 2.50. The van der Waals surface area contributed by atoms with Crippen molar-refractivity contribution >= 4 is 12.1 Å². The number of hydroxylamine groups is 2. The second kappa shape index (κ2) is 8.23. The minimum Gasteiger partial charge on any atom is -0.479 e. The molecule has 0 saturated carbocycles. The Morgan fingerprint density at radius 2 is 1.90 bits per heavy atom. The van der Waals surface area contributed by atoms with E-state index >= 15 is 0 Å². The van der Waals surface area contributed by atoms with Crippen molar-refractivity contribution in [3.8, 4) is 0 Å². The molecule has 0 bridgehead atoms. The van der Waals surface area contributed by atoms with E-state index in [9.17, 15) is 14.7 Å². The number of carbonyl (C=O) groups is 2. The standard InChI is InChI=1S/C14H19NO6/c1-3-11(12(16)13(17)18)15(20-2)14(19)21-9-10-7-5-4-6-8-10/h4-8,11-12,16H,3,9H2,1-2H3,(H,17,18)/t11-,12+/m0/s1. The fraction of sp³-hybridized carbons (Fsp3) is 0.429. The van der Waals surface area contributed by atoms with Gasteiger partial charge in [0.1, 0.15) is 6.61 Å². The summed E-state index contributed by atoms with van der Waals surface area (Å²) in [5.74, 6) is -1.43. The molecule has 1 rings (SSSR count). The maximum atomic E-state index is 11.9. The molecule has 2 atom stereocenters. The number of nitrogens with zero attached hydrogens (tertiary/aromatic N) is 1. The van der Waals surface area contributed by atoms with Crippen molar-refractivity contribution in [2.24, 2.45) is 0 Å². The van der Waals surface area contributed by atoms with Crippen LogP contribution in [-0.2, 0) is 21.0 Å². The van der Waals surface area contributed by atoms with Crippen molar-refractivity contribution in [3.63, 3.8) is 0 Å². The number of carbonyl (C=O) groups excluding carboxylic acids is 1. The Labute approximate surface area is 122 Å². The van der Waals surface area contributed by atoms with Crippen LogP contribution in [0.4, 0.5) is 4.79 Å². The summed E-state index contributed by atoms with van der Waals surface area (Å²) in [7, 11) is 1.21. The number of carboxylic acids is 1. The van der Waals surface area contributed by atoms with Gasteiger partial charge in [-0.25, -0.2) is 9.59 Å². The van der Waals surface area contributed by atoms with Crippen LogP contribution >= 0.6 is 0 Å². The molecule has 7 nitrogen and oxygen atoms in total. The predicted octanol–water partition coefficient (Wildman–Crippen LogP) is 1.41. The minimum atomic E-state index is -1.75. The van der Waals surface area contributed by atoms with Crippen molar-refractivity contribution in [1.82, 2.24) is 5.06 Å². The molecule has 1 aromatic carbocycles. The maximum absolute atomic E-state index is 11.9. The normalized spacial score (nSPS) is 13.3. The van der Waals surface area contributed by atoms with Gasteiger partial charge in [0.25, 0.3) is 0 Å². The van der Waals surface area contributed by atoms with E-state index in [1.54, 1.807) is 31.2 Å². The molecule has 7 heteroatoms. The van der Waals surface area contributed by atoms with Gasteiger partial charge in [-0.1, -0.05) is 37.3 Å². The predicted molar refractivity (Wildman–Crippen MR) is 73.2 cm³/mol. The molecule has 0 spiro atoms. The number of rotatable bonds is 7. The lowest BCUT2D eigenvalue weighted by molar-refractivity contribution is -0.177. The van der Waals surface area contributed by atoms with Gasteiger partial charge in [0.05, 0.1) is 13.2 Å². The molecule has 0 aliphatic carbocycles. The molecule has 0 aromatic heterocycles. The van der Waals surface area contributed by atoms with Crippen LogP contribution in [0.3, 0.4) is 0 Å². The maximum Gasteiger partial charge on any atom is 0.434 e. The summed E-state index contributed by atoms with van der Waals surface area (Å²) in [5.41, 5.74) is 0.786. The van der Waals surface area contributed by atoms with Crippen LogP contribution in [-0.4, -0.2) is 46.6 Å². The summed E-state index contributed by atoms with van der Waals surface area (Å²) < 4.78 is 5.05. The molecule has 1 amide bonds. The molecule has 21 heavy (non-hydrogen) atoms. The van der Waals surface area contributed by atoms with Gasteiger partial charge in [0, 0.05) is 0 Å². The zero-order chi connectivity index (χ0) is 15.8. The average molecular weight is 297 g/mol. The van der Waals surface area contributed by atoms with E-state index in [1.165, 1.54) is 7.11 Å². The quantitative estimate of drug-likeness (QED) is 0.739. The molecule has 0 unspecified atom stereocenters. The highest BCUT2D eigenvalue weighted by Gasteiger charge is 2.34. The molecule has 116 valence electrons. The lowest BCUT2D eigenvalue weighted by Crippen LogP contribution is -2.49. The van der Waals surface area contributed by atoms with Crippen LogP contribution < -0.4 is 0 Å². The number of aliphatic hydroxyl groups is 1. The highest BCUT2D eigenvalue weighted by Crippen LogP contribution is 2.13. The van der Waals surface area contributed by atoms with E-state index < -0.39 is 24.2 Å². The molecule has 0 aliphatic rings. The molecule has 1 aromatic rings. The van der Waals surface area contributed by atoms with Gasteiger partial charge in [0.2, 0.25) is 0 Å². The Hall–Kier alpha value is -2.12. The zero-order valence-corrected chi connectivity index (χ0v) is 11.9. The van der Waals surface area contributed by atoms with E-state index in [2.05, 4.69) is 0 Å². The van der Waals surface area contributed by atoms with E-state index in [0.717, 1.165) is 10.6 Å². The molecule has 0 radical (unpaired) electrons. The molecule has 0 aliphatic heterocycles. The first-order valence-electron chi connectivity index (χ1n) is 6.46. The van der Waals surface area contributed by atoms with Gasteiger partial charge < -0.3 is 14.9 Å². The Morgan fingerprint density at radius 3 is 2.38 bits per heavy atom. The number of hydrogen-bond donors (Lipinski definition) is 2. The van der Waals surface area contributed by atoms with Crippen LogP contribution in [0.5, 0.6) is 0 Å². The Morgan fingerprint density at radius 1 is 1.29 bits per heavy atom. The Bertz CT molecular complexity index is 464. The third-order valence-electron chi connectivity index (χ3n) is 2.92. The minimum absolute atomic E-state index is 0.0269. The largest absolute Gasteiger partial charge is 0.479 e. The highest BCUT2D eigenvalue weighted by atomic mass is 16.7. The van der Waals surface area contributed by atoms with E-state index in [4.69, 9.17) is 14.7 Å². The Kier molecular flexibility index (Phi) is 6.64. The second-order valence-electron chi connectivity index (χ2n) is 4.31. The molecular weight excluding hydrogens is 278 g/mol. The smallest absolute Gasteiger partial charge is 0.434 e. The number of aliphatic hydroxyl groups excluding tert-OH is 1. The van der Waals surface area contributed by atoms with Crippen molar-refractivity contribution < 1.29 is 29.4 Å². The van der Waals surface area contributed by atoms with Crippen LogP contribution in [0.1, 0.15) is 18.9 Å². The second-order valence-corrected chi connectivity index (χ2v) is 4.31. The van der Waals surface area contributed by atoms with E-state index in [-0.39, 0.29) is 13.0 Å².